The molecule has 6 rings (SSSR count). The van der Waals surface area contributed by atoms with E-state index < -0.39 is 5.69 Å². The molecule has 12 nitrogen and oxygen atoms in total. The number of hydrogen-bond acceptors (Lipinski definition) is 9. The van der Waals surface area contributed by atoms with Gasteiger partial charge in [-0.25, -0.2) is 9.78 Å². The molecule has 2 fully saturated rings. The van der Waals surface area contributed by atoms with E-state index in [4.69, 9.17) is 15.1 Å². The summed E-state index contributed by atoms with van der Waals surface area (Å²) in [6.45, 7) is 3.60. The van der Waals surface area contributed by atoms with Crippen LogP contribution in [0.25, 0.3) is 11.7 Å². The Morgan fingerprint density at radius 3 is 2.76 bits per heavy atom. The number of allylic oxidation sites excluding steroid dienone is 1. The zero-order valence-electron chi connectivity index (χ0n) is 20.1. The van der Waals surface area contributed by atoms with Crippen LogP contribution < -0.4 is 16.4 Å². The lowest BCUT2D eigenvalue weighted by molar-refractivity contribution is -0.128. The van der Waals surface area contributed by atoms with Crippen molar-refractivity contribution < 1.29 is 15.0 Å². The number of aromatic hydroxyl groups is 1. The van der Waals surface area contributed by atoms with Crippen molar-refractivity contribution in [1.82, 2.24) is 34.4 Å². The molecule has 1 atom stereocenters. The van der Waals surface area contributed by atoms with Gasteiger partial charge in [0.2, 0.25) is 5.88 Å². The molecule has 3 aromatic heterocycles. The molecule has 1 saturated carbocycles. The van der Waals surface area contributed by atoms with Crippen molar-refractivity contribution in [1.29, 1.82) is 0 Å². The lowest BCUT2D eigenvalue weighted by atomic mass is 10.2. The maximum Gasteiger partial charge on any atom is 0.326 e. The Bertz CT molecular complexity index is 1540. The topological polar surface area (TPSA) is 155 Å². The molecule has 1 unspecified atom stereocenters. The van der Waals surface area contributed by atoms with Crippen LogP contribution in [0, 0.1) is 0 Å². The highest BCUT2D eigenvalue weighted by atomic mass is 32.2. The summed E-state index contributed by atoms with van der Waals surface area (Å²) in [7, 11) is 0. The number of aromatic amines is 2. The summed E-state index contributed by atoms with van der Waals surface area (Å²) in [5, 5.41) is 24.2. The van der Waals surface area contributed by atoms with Gasteiger partial charge in [-0.1, -0.05) is 6.08 Å². The van der Waals surface area contributed by atoms with Gasteiger partial charge in [-0.05, 0) is 25.3 Å². The number of nitrogens with zero attached hydrogens (tertiary/aromatic N) is 6. The number of nitrogens with one attached hydrogen (secondary N) is 2. The van der Waals surface area contributed by atoms with Gasteiger partial charge in [-0.15, -0.1) is 11.8 Å². The van der Waals surface area contributed by atoms with Crippen LogP contribution in [0.1, 0.15) is 35.9 Å². The first-order valence-corrected chi connectivity index (χ1v) is 13.3. The van der Waals surface area contributed by atoms with Crippen molar-refractivity contribution >= 4 is 29.4 Å². The Labute approximate surface area is 215 Å². The fourth-order valence-corrected chi connectivity index (χ4v) is 5.80. The Kier molecular flexibility index (Phi) is 6.34. The minimum atomic E-state index is -0.501. The van der Waals surface area contributed by atoms with Crippen molar-refractivity contribution in [3.63, 3.8) is 0 Å². The molecule has 4 N–H and O–H groups in total. The highest BCUT2D eigenvalue weighted by Crippen LogP contribution is 2.43. The second-order valence-corrected chi connectivity index (χ2v) is 10.7. The fourth-order valence-electron chi connectivity index (χ4n) is 4.63. The van der Waals surface area contributed by atoms with E-state index in [1.165, 1.54) is 11.8 Å². The SMILES string of the molecule is O=C(C1=CCC(c2cc(=NC3CC3)n3ncc(=Cc4[nH]c(=O)[nH]c4O)c3n2)S1)N1CCN(CCO)CC1. The molecule has 0 aromatic carbocycles. The number of aliphatic hydroxyl groups excluding tert-OH is 1. The number of β-amino-alcohol motifs (C(OH)–C–C–N with tert-alkyl or cyclic N) is 1. The molecule has 0 spiro atoms. The van der Waals surface area contributed by atoms with Crippen molar-refractivity contribution in [2.75, 3.05) is 39.3 Å². The summed E-state index contributed by atoms with van der Waals surface area (Å²) < 4.78 is 1.68. The molecule has 1 amide bonds. The van der Waals surface area contributed by atoms with Gasteiger partial charge in [0, 0.05) is 44.0 Å². The van der Waals surface area contributed by atoms with E-state index in [0.29, 0.717) is 42.4 Å². The molecule has 3 aliphatic rings. The van der Waals surface area contributed by atoms with Crippen LogP contribution in [-0.4, -0.2) is 95.9 Å². The van der Waals surface area contributed by atoms with Crippen LogP contribution >= 0.6 is 11.8 Å². The summed E-state index contributed by atoms with van der Waals surface area (Å²) in [6.07, 6.45) is 8.02. The third kappa shape index (κ3) is 4.93. The number of rotatable bonds is 6. The third-order valence-corrected chi connectivity index (χ3v) is 8.11. The summed E-state index contributed by atoms with van der Waals surface area (Å²) in [4.78, 5) is 44.1. The first-order valence-electron chi connectivity index (χ1n) is 12.4. The molecule has 13 heteroatoms. The minimum absolute atomic E-state index is 0.0315. The average Bonchev–Trinajstić information content (AvgIpc) is 3.26. The normalized spacial score (nSPS) is 21.8. The van der Waals surface area contributed by atoms with Crippen LogP contribution in [-0.2, 0) is 4.79 Å². The van der Waals surface area contributed by atoms with Crippen LogP contribution in [0.3, 0.4) is 0 Å². The quantitative estimate of drug-likeness (QED) is 0.329. The molecular weight excluding hydrogens is 496 g/mol. The molecule has 0 bridgehead atoms. The predicted molar refractivity (Wildman–Crippen MR) is 137 cm³/mol. The van der Waals surface area contributed by atoms with Crippen LogP contribution in [0.4, 0.5) is 0 Å². The van der Waals surface area contributed by atoms with Crippen LogP contribution in [0.2, 0.25) is 0 Å². The molecule has 37 heavy (non-hydrogen) atoms. The number of H-pyrrole nitrogens is 2. The smallest absolute Gasteiger partial charge is 0.326 e. The minimum Gasteiger partial charge on any atom is -0.493 e. The summed E-state index contributed by atoms with van der Waals surface area (Å²) >= 11 is 1.53. The summed E-state index contributed by atoms with van der Waals surface area (Å²) in [5.74, 6) is -0.204. The molecule has 1 saturated heterocycles. The predicted octanol–water partition coefficient (Wildman–Crippen LogP) is -0.739. The Morgan fingerprint density at radius 1 is 1.24 bits per heavy atom. The van der Waals surface area contributed by atoms with E-state index in [1.54, 1.807) is 16.8 Å². The molecule has 194 valence electrons. The number of piperazine rings is 1. The van der Waals surface area contributed by atoms with Crippen molar-refractivity contribution in [3.8, 4) is 5.88 Å². The lowest BCUT2D eigenvalue weighted by Crippen LogP contribution is -2.49. The first kappa shape index (κ1) is 23.9. The molecule has 1 aliphatic carbocycles. The molecule has 0 radical (unpaired) electrons. The van der Waals surface area contributed by atoms with Gasteiger partial charge >= 0.3 is 5.69 Å². The number of thioether (sulfide) groups is 1. The lowest BCUT2D eigenvalue weighted by Gasteiger charge is -2.34. The van der Waals surface area contributed by atoms with Gasteiger partial charge in [-0.2, -0.15) is 9.61 Å². The monoisotopic (exact) mass is 524 g/mol. The van der Waals surface area contributed by atoms with Crippen LogP contribution in [0.15, 0.2) is 33.0 Å². The van der Waals surface area contributed by atoms with E-state index in [2.05, 4.69) is 20.0 Å². The molecule has 3 aromatic rings. The van der Waals surface area contributed by atoms with Gasteiger partial charge in [0.1, 0.15) is 5.69 Å². The van der Waals surface area contributed by atoms with Gasteiger partial charge in [-0.3, -0.25) is 19.7 Å². The van der Waals surface area contributed by atoms with E-state index in [1.807, 2.05) is 17.0 Å². The van der Waals surface area contributed by atoms with Gasteiger partial charge in [0.15, 0.2) is 11.1 Å². The van der Waals surface area contributed by atoms with Gasteiger partial charge < -0.3 is 20.1 Å². The Hall–Kier alpha value is -3.42. The number of amides is 1. The second kappa shape index (κ2) is 9.80. The van der Waals surface area contributed by atoms with E-state index >= 15 is 0 Å². The first-order chi connectivity index (χ1) is 18.0. The molecular formula is C24H28N8O4S. The highest BCUT2D eigenvalue weighted by molar-refractivity contribution is 8.04. The van der Waals surface area contributed by atoms with Crippen molar-refractivity contribution in [2.45, 2.75) is 30.6 Å². The summed E-state index contributed by atoms with van der Waals surface area (Å²) in [6, 6.07) is 2.22. The molecule has 5 heterocycles. The second-order valence-electron chi connectivity index (χ2n) is 9.49. The van der Waals surface area contributed by atoms with Gasteiger partial charge in [0.05, 0.1) is 34.7 Å². The number of aromatic nitrogens is 5. The third-order valence-electron chi connectivity index (χ3n) is 6.80. The van der Waals surface area contributed by atoms with Crippen LogP contribution in [0.5, 0.6) is 5.88 Å². The highest BCUT2D eigenvalue weighted by Gasteiger charge is 2.30. The van der Waals surface area contributed by atoms with Crippen molar-refractivity contribution in [3.05, 3.63) is 55.8 Å². The van der Waals surface area contributed by atoms with E-state index in [-0.39, 0.29) is 35.4 Å². The zero-order valence-corrected chi connectivity index (χ0v) is 20.9. The standard InChI is InChI=1S/C24H28N8O4S/c33-10-9-30-5-7-31(8-6-30)23(35)19-4-3-18(37-19)16-12-20(26-15-1-2-15)32-21(27-16)14(13-25-32)11-17-22(34)29-24(36)28-17/h4,11-13,15,18,33-34H,1-3,5-10H2,(H2,28,29,36). The summed E-state index contributed by atoms with van der Waals surface area (Å²) in [5.41, 5.74) is 1.83. The maximum atomic E-state index is 13.2. The average molecular weight is 525 g/mol. The van der Waals surface area contributed by atoms with Crippen molar-refractivity contribution in [2.24, 2.45) is 4.99 Å². The number of imidazole rings is 1. The number of fused-ring (bicyclic) bond motifs is 1. The number of hydrogen-bond donors (Lipinski definition) is 4. The number of carbonyl (C=O) groups excluding carboxylic acids is 1. The number of aliphatic hydroxyl groups is 1. The number of carbonyl (C=O) groups is 1. The largest absolute Gasteiger partial charge is 0.493 e. The molecule has 2 aliphatic heterocycles. The maximum absolute atomic E-state index is 13.2. The van der Waals surface area contributed by atoms with Gasteiger partial charge in [0.25, 0.3) is 5.91 Å². The van der Waals surface area contributed by atoms with E-state index in [9.17, 15) is 14.7 Å². The Balaban J connectivity index is 1.28. The fraction of sp³-hybridized carbons (Fsp3) is 0.458. The zero-order chi connectivity index (χ0) is 25.5. The van der Waals surface area contributed by atoms with E-state index in [0.717, 1.165) is 36.5 Å². The Morgan fingerprint density at radius 2 is 2.05 bits per heavy atom.